The molecule has 0 aliphatic carbocycles. The number of piperidine rings is 1. The van der Waals surface area contributed by atoms with Crippen LogP contribution in [0.3, 0.4) is 0 Å². The number of hydrogen-bond donors (Lipinski definition) is 1. The van der Waals surface area contributed by atoms with Gasteiger partial charge in [-0.1, -0.05) is 23.7 Å². The normalized spacial score (nSPS) is 15.3. The Morgan fingerprint density at radius 3 is 2.56 bits per heavy atom. The fourth-order valence-electron chi connectivity index (χ4n) is 4.16. The van der Waals surface area contributed by atoms with Gasteiger partial charge in [-0.15, -0.1) is 11.3 Å². The zero-order valence-corrected chi connectivity index (χ0v) is 20.1. The van der Waals surface area contributed by atoms with Crippen molar-refractivity contribution in [1.82, 2.24) is 9.47 Å². The van der Waals surface area contributed by atoms with E-state index in [0.717, 1.165) is 36.6 Å². The maximum absolute atomic E-state index is 12.8. The van der Waals surface area contributed by atoms with Crippen molar-refractivity contribution in [3.05, 3.63) is 57.8 Å². The Balaban J connectivity index is 1.28. The zero-order valence-electron chi connectivity index (χ0n) is 17.7. The average molecular weight is 492 g/mol. The Kier molecular flexibility index (Phi) is 7.02. The number of thiazole rings is 1. The van der Waals surface area contributed by atoms with E-state index in [0.29, 0.717) is 28.8 Å². The van der Waals surface area contributed by atoms with Gasteiger partial charge in [0.05, 0.1) is 10.6 Å². The highest BCUT2D eigenvalue weighted by Crippen LogP contribution is 2.25. The minimum atomic E-state index is -3.54. The molecule has 0 unspecified atom stereocenters. The highest BCUT2D eigenvalue weighted by molar-refractivity contribution is 7.91. The van der Waals surface area contributed by atoms with Crippen LogP contribution in [0, 0.1) is 11.3 Å². The number of rotatable bonds is 7. The third kappa shape index (κ3) is 5.42. The zero-order chi connectivity index (χ0) is 22.7. The molecule has 1 fully saturated rings. The van der Waals surface area contributed by atoms with Crippen LogP contribution in [-0.4, -0.2) is 42.6 Å². The van der Waals surface area contributed by atoms with Crippen molar-refractivity contribution >= 4 is 49.5 Å². The van der Waals surface area contributed by atoms with E-state index in [2.05, 4.69) is 0 Å². The standard InChI is InChI=1S/C23H26ClN3O3S2/c24-20-3-1-19-16-21(4-2-18(19)15-20)32(29,30)14-8-22(28)26-9-5-17(6-10-26)7-11-27-12-13-31-23(27)25/h1-4,12-13,15-17,25H,5-11,14H2. The SMILES string of the molecule is N=c1sccn1CCC1CCN(C(=O)CCS(=O)(=O)c2ccc3cc(Cl)ccc3c2)CC1. The molecule has 0 spiro atoms. The first-order valence-electron chi connectivity index (χ1n) is 10.7. The van der Waals surface area contributed by atoms with Crippen LogP contribution in [0.15, 0.2) is 52.9 Å². The molecule has 0 bridgehead atoms. The van der Waals surface area contributed by atoms with E-state index < -0.39 is 9.84 Å². The Morgan fingerprint density at radius 1 is 1.12 bits per heavy atom. The first-order chi connectivity index (χ1) is 15.3. The molecule has 0 radical (unpaired) electrons. The number of benzene rings is 2. The maximum Gasteiger partial charge on any atom is 0.223 e. The van der Waals surface area contributed by atoms with Gasteiger partial charge >= 0.3 is 0 Å². The first kappa shape index (κ1) is 23.0. The van der Waals surface area contributed by atoms with E-state index in [-0.39, 0.29) is 23.0 Å². The minimum Gasteiger partial charge on any atom is -0.343 e. The van der Waals surface area contributed by atoms with Crippen LogP contribution in [0.1, 0.15) is 25.7 Å². The molecular weight excluding hydrogens is 466 g/mol. The molecule has 3 aromatic rings. The van der Waals surface area contributed by atoms with Crippen molar-refractivity contribution in [3.63, 3.8) is 0 Å². The van der Waals surface area contributed by atoms with Crippen LogP contribution in [-0.2, 0) is 21.2 Å². The van der Waals surface area contributed by atoms with Crippen molar-refractivity contribution in [2.24, 2.45) is 5.92 Å². The molecule has 9 heteroatoms. The Morgan fingerprint density at radius 2 is 1.84 bits per heavy atom. The number of carbonyl (C=O) groups excluding carboxylic acids is 1. The topological polar surface area (TPSA) is 83.2 Å². The highest BCUT2D eigenvalue weighted by Gasteiger charge is 2.24. The van der Waals surface area contributed by atoms with Crippen molar-refractivity contribution in [3.8, 4) is 0 Å². The van der Waals surface area contributed by atoms with Gasteiger partial charge in [0.2, 0.25) is 5.91 Å². The summed E-state index contributed by atoms with van der Waals surface area (Å²) in [5.41, 5.74) is 0. The molecule has 1 amide bonds. The van der Waals surface area contributed by atoms with Crippen LogP contribution in [0.4, 0.5) is 0 Å². The number of nitrogens with zero attached hydrogens (tertiary/aromatic N) is 2. The average Bonchev–Trinajstić information content (AvgIpc) is 3.20. The molecule has 0 atom stereocenters. The summed E-state index contributed by atoms with van der Waals surface area (Å²) in [4.78, 5) is 15.2. The molecule has 1 aliphatic heterocycles. The van der Waals surface area contributed by atoms with Crippen LogP contribution < -0.4 is 4.80 Å². The lowest BCUT2D eigenvalue weighted by molar-refractivity contribution is -0.132. The van der Waals surface area contributed by atoms with Gasteiger partial charge in [-0.2, -0.15) is 0 Å². The summed E-state index contributed by atoms with van der Waals surface area (Å²) in [6.07, 6.45) is 4.78. The van der Waals surface area contributed by atoms with Crippen LogP contribution in [0.2, 0.25) is 5.02 Å². The summed E-state index contributed by atoms with van der Waals surface area (Å²) in [7, 11) is -3.54. The first-order valence-corrected chi connectivity index (χ1v) is 13.6. The number of aromatic nitrogens is 1. The number of sulfone groups is 1. The van der Waals surface area contributed by atoms with E-state index in [1.54, 1.807) is 41.3 Å². The number of aryl methyl sites for hydroxylation is 1. The second-order valence-corrected chi connectivity index (χ2v) is 11.7. The van der Waals surface area contributed by atoms with Gasteiger partial charge in [0.25, 0.3) is 0 Å². The fraction of sp³-hybridized carbons (Fsp3) is 0.391. The summed E-state index contributed by atoms with van der Waals surface area (Å²) in [5, 5.41) is 12.1. The van der Waals surface area contributed by atoms with Crippen molar-refractivity contribution in [2.45, 2.75) is 37.1 Å². The fourth-order valence-corrected chi connectivity index (χ4v) is 6.22. The molecule has 1 aliphatic rings. The summed E-state index contributed by atoms with van der Waals surface area (Å²) >= 11 is 7.42. The van der Waals surface area contributed by atoms with Gasteiger partial charge in [-0.25, -0.2) is 8.42 Å². The van der Waals surface area contributed by atoms with Crippen molar-refractivity contribution < 1.29 is 13.2 Å². The summed E-state index contributed by atoms with van der Waals surface area (Å²) < 4.78 is 27.5. The molecule has 170 valence electrons. The third-order valence-electron chi connectivity index (χ3n) is 6.14. The quantitative estimate of drug-likeness (QED) is 0.534. The lowest BCUT2D eigenvalue weighted by Gasteiger charge is -2.32. The molecule has 4 rings (SSSR count). The lowest BCUT2D eigenvalue weighted by atomic mass is 9.93. The summed E-state index contributed by atoms with van der Waals surface area (Å²) in [6, 6.07) is 10.3. The third-order valence-corrected chi connectivity index (χ3v) is 8.81. The van der Waals surface area contributed by atoms with E-state index in [1.807, 2.05) is 16.1 Å². The largest absolute Gasteiger partial charge is 0.343 e. The van der Waals surface area contributed by atoms with Gasteiger partial charge in [0, 0.05) is 42.7 Å². The number of hydrogen-bond acceptors (Lipinski definition) is 5. The van der Waals surface area contributed by atoms with Gasteiger partial charge in [0.15, 0.2) is 14.6 Å². The Labute approximate surface area is 196 Å². The van der Waals surface area contributed by atoms with E-state index in [4.69, 9.17) is 17.0 Å². The van der Waals surface area contributed by atoms with E-state index in [1.165, 1.54) is 11.3 Å². The van der Waals surface area contributed by atoms with E-state index >= 15 is 0 Å². The number of amides is 1. The van der Waals surface area contributed by atoms with Crippen LogP contribution in [0.5, 0.6) is 0 Å². The number of nitrogens with one attached hydrogen (secondary N) is 1. The molecule has 1 N–H and O–H groups in total. The maximum atomic E-state index is 12.8. The smallest absolute Gasteiger partial charge is 0.223 e. The summed E-state index contributed by atoms with van der Waals surface area (Å²) in [5.74, 6) is 0.243. The van der Waals surface area contributed by atoms with Crippen LogP contribution >= 0.6 is 22.9 Å². The van der Waals surface area contributed by atoms with Crippen molar-refractivity contribution in [1.29, 1.82) is 5.41 Å². The van der Waals surface area contributed by atoms with Gasteiger partial charge in [-0.05, 0) is 60.2 Å². The lowest BCUT2D eigenvalue weighted by Crippen LogP contribution is -2.39. The summed E-state index contributed by atoms with van der Waals surface area (Å²) in [6.45, 7) is 2.17. The van der Waals surface area contributed by atoms with Gasteiger partial charge in [-0.3, -0.25) is 10.2 Å². The molecule has 2 heterocycles. The minimum absolute atomic E-state index is 0.00138. The Hall–Kier alpha value is -2.16. The Bertz CT molecular complexity index is 1270. The highest BCUT2D eigenvalue weighted by atomic mass is 35.5. The monoisotopic (exact) mass is 491 g/mol. The number of halogens is 1. The molecule has 2 aromatic carbocycles. The van der Waals surface area contributed by atoms with E-state index in [9.17, 15) is 13.2 Å². The molecule has 1 saturated heterocycles. The molecule has 0 saturated carbocycles. The van der Waals surface area contributed by atoms with Gasteiger partial charge in [0.1, 0.15) is 0 Å². The molecule has 32 heavy (non-hydrogen) atoms. The molecule has 6 nitrogen and oxygen atoms in total. The van der Waals surface area contributed by atoms with Crippen molar-refractivity contribution in [2.75, 3.05) is 18.8 Å². The number of carbonyl (C=O) groups is 1. The number of likely N-dealkylation sites (tertiary alicyclic amines) is 1. The predicted octanol–water partition coefficient (Wildman–Crippen LogP) is 4.33. The second kappa shape index (κ2) is 9.77. The molecule has 1 aromatic heterocycles. The predicted molar refractivity (Wildman–Crippen MR) is 128 cm³/mol. The number of fused-ring (bicyclic) bond motifs is 1. The van der Waals surface area contributed by atoms with Gasteiger partial charge < -0.3 is 9.47 Å². The van der Waals surface area contributed by atoms with Crippen LogP contribution in [0.25, 0.3) is 10.8 Å². The molecular formula is C23H26ClN3O3S2. The second-order valence-electron chi connectivity index (χ2n) is 8.24.